The highest BCUT2D eigenvalue weighted by Crippen LogP contribution is 2.63. The fourth-order valence-electron chi connectivity index (χ4n) is 6.30. The van der Waals surface area contributed by atoms with Crippen molar-refractivity contribution in [1.29, 1.82) is 0 Å². The first-order chi connectivity index (χ1) is 18.2. The maximum atomic E-state index is 14.0. The molecule has 3 aromatic rings. The van der Waals surface area contributed by atoms with E-state index in [0.717, 1.165) is 19.8 Å². The highest BCUT2D eigenvalue weighted by Gasteiger charge is 2.72. The molecule has 9 heteroatoms. The third kappa shape index (κ3) is 3.64. The first-order valence-electron chi connectivity index (χ1n) is 12.3. The van der Waals surface area contributed by atoms with E-state index in [1.54, 1.807) is 72.8 Å². The molecule has 38 heavy (non-hydrogen) atoms. The molecular weight excluding hydrogens is 506 g/mol. The van der Waals surface area contributed by atoms with Crippen LogP contribution in [0.25, 0.3) is 0 Å². The van der Waals surface area contributed by atoms with Gasteiger partial charge in [0.25, 0.3) is 10.0 Å². The molecule has 3 aromatic carbocycles. The van der Waals surface area contributed by atoms with Gasteiger partial charge >= 0.3 is 11.9 Å². The van der Waals surface area contributed by atoms with Crippen molar-refractivity contribution in [3.63, 3.8) is 0 Å². The molecule has 0 unspecified atom stereocenters. The van der Waals surface area contributed by atoms with Crippen molar-refractivity contribution >= 4 is 27.6 Å². The van der Waals surface area contributed by atoms with Crippen LogP contribution in [0.3, 0.4) is 0 Å². The summed E-state index contributed by atoms with van der Waals surface area (Å²) >= 11 is 0. The van der Waals surface area contributed by atoms with Crippen LogP contribution in [0.4, 0.5) is 5.69 Å². The molecule has 8 nitrogen and oxygen atoms in total. The molecule has 1 heterocycles. The number of carbonyl (C=O) groups excluding carboxylic acids is 2. The largest absolute Gasteiger partial charge is 0.468 e. The second-order valence-corrected chi connectivity index (χ2v) is 11.6. The van der Waals surface area contributed by atoms with Gasteiger partial charge in [0.2, 0.25) is 0 Å². The Morgan fingerprint density at radius 1 is 0.895 bits per heavy atom. The van der Waals surface area contributed by atoms with Gasteiger partial charge in [0.1, 0.15) is 0 Å². The first kappa shape index (κ1) is 25.9. The lowest BCUT2D eigenvalue weighted by atomic mass is 9.69. The molecular formula is C29H29NO7S. The number of hydrogen-bond acceptors (Lipinski definition) is 7. The molecule has 0 amide bonds. The topological polar surface area (TPSA) is 110 Å². The standard InChI is InChI=1S/C29H29NO7S/c1-18-13-15-20(16-14-18)38(34,35)30-17-22-24(19-9-5-4-6-10-19)26(31)29(27(32)36-2,28(33)37-3)25(22)21-11-7-8-12-23(21)30/h4-16,22,24-26,31H,17H2,1-3H3/t22-,24+,25+,26-/m0/s1. The second kappa shape index (κ2) is 9.56. The van der Waals surface area contributed by atoms with E-state index in [4.69, 9.17) is 9.47 Å². The number of rotatable bonds is 5. The van der Waals surface area contributed by atoms with Gasteiger partial charge in [-0.25, -0.2) is 8.42 Å². The molecule has 5 rings (SSSR count). The Balaban J connectivity index is 1.78. The van der Waals surface area contributed by atoms with Crippen molar-refractivity contribution in [3.8, 4) is 0 Å². The van der Waals surface area contributed by atoms with Crippen molar-refractivity contribution in [2.24, 2.45) is 11.3 Å². The van der Waals surface area contributed by atoms with Gasteiger partial charge in [-0.1, -0.05) is 66.2 Å². The SMILES string of the molecule is COC(=O)C1(C(=O)OC)[C@@H]2c3ccccc3N(S(=O)(=O)c3ccc(C)cc3)C[C@H]2[C@@H](c2ccccc2)[C@@H]1O. The van der Waals surface area contributed by atoms with Gasteiger partial charge in [-0.05, 0) is 42.2 Å². The highest BCUT2D eigenvalue weighted by atomic mass is 32.2. The van der Waals surface area contributed by atoms with E-state index in [1.807, 2.05) is 13.0 Å². The smallest absolute Gasteiger partial charge is 0.326 e. The molecule has 198 valence electrons. The Hall–Kier alpha value is -3.69. The Bertz CT molecular complexity index is 1450. The van der Waals surface area contributed by atoms with E-state index in [-0.39, 0.29) is 11.4 Å². The van der Waals surface area contributed by atoms with Gasteiger partial charge in [-0.2, -0.15) is 0 Å². The lowest BCUT2D eigenvalue weighted by Gasteiger charge is -2.42. The summed E-state index contributed by atoms with van der Waals surface area (Å²) in [6, 6.07) is 22.4. The Kier molecular flexibility index (Phi) is 6.53. The third-order valence-corrected chi connectivity index (χ3v) is 9.74. The molecule has 0 saturated heterocycles. The number of aliphatic hydroxyl groups excluding tert-OH is 1. The minimum Gasteiger partial charge on any atom is -0.468 e. The van der Waals surface area contributed by atoms with Crippen LogP contribution >= 0.6 is 0 Å². The number of fused-ring (bicyclic) bond motifs is 3. The highest BCUT2D eigenvalue weighted by molar-refractivity contribution is 7.92. The van der Waals surface area contributed by atoms with Crippen molar-refractivity contribution in [3.05, 3.63) is 95.6 Å². The van der Waals surface area contributed by atoms with Gasteiger partial charge in [-0.15, -0.1) is 0 Å². The average molecular weight is 536 g/mol. The summed E-state index contributed by atoms with van der Waals surface area (Å²) in [5.74, 6) is -4.16. The van der Waals surface area contributed by atoms with Gasteiger partial charge in [0.05, 0.1) is 30.9 Å². The van der Waals surface area contributed by atoms with Crippen LogP contribution in [0.1, 0.15) is 28.5 Å². The van der Waals surface area contributed by atoms with Gasteiger partial charge in [-0.3, -0.25) is 13.9 Å². The summed E-state index contributed by atoms with van der Waals surface area (Å²) in [6.45, 7) is 1.81. The maximum Gasteiger partial charge on any atom is 0.326 e. The van der Waals surface area contributed by atoms with E-state index in [9.17, 15) is 23.1 Å². The van der Waals surface area contributed by atoms with Crippen LogP contribution in [0.5, 0.6) is 0 Å². The molecule has 2 aliphatic rings. The number of esters is 2. The molecule has 4 atom stereocenters. The molecule has 1 saturated carbocycles. The number of sulfonamides is 1. The minimum atomic E-state index is -4.02. The number of methoxy groups -OCH3 is 2. The number of anilines is 1. The van der Waals surface area contributed by atoms with Crippen molar-refractivity contribution in [2.45, 2.75) is 29.8 Å². The zero-order chi connectivity index (χ0) is 27.2. The normalized spacial score (nSPS) is 23.7. The van der Waals surface area contributed by atoms with Crippen LogP contribution in [0.2, 0.25) is 0 Å². The van der Waals surface area contributed by atoms with Crippen LogP contribution < -0.4 is 4.31 Å². The molecule has 0 aromatic heterocycles. The molecule has 0 spiro atoms. The summed E-state index contributed by atoms with van der Waals surface area (Å²) in [5.41, 5.74) is 0.300. The number of para-hydroxylation sites is 1. The number of aryl methyl sites for hydroxylation is 1. The van der Waals surface area contributed by atoms with Crippen LogP contribution in [-0.2, 0) is 29.1 Å². The maximum absolute atomic E-state index is 14.0. The summed E-state index contributed by atoms with van der Waals surface area (Å²) in [7, 11) is -1.70. The fraction of sp³-hybridized carbons (Fsp3) is 0.310. The summed E-state index contributed by atoms with van der Waals surface area (Å²) in [5, 5.41) is 11.9. The number of aliphatic hydroxyl groups is 1. The van der Waals surface area contributed by atoms with Crippen molar-refractivity contribution in [1.82, 2.24) is 0 Å². The zero-order valence-corrected chi connectivity index (χ0v) is 22.1. The number of hydrogen-bond donors (Lipinski definition) is 1. The summed E-state index contributed by atoms with van der Waals surface area (Å²) in [6.07, 6.45) is -1.53. The Labute approximate surface area is 221 Å². The molecule has 0 radical (unpaired) electrons. The quantitative estimate of drug-likeness (QED) is 0.394. The van der Waals surface area contributed by atoms with Gasteiger partial charge in [0, 0.05) is 18.4 Å². The van der Waals surface area contributed by atoms with E-state index in [0.29, 0.717) is 16.8 Å². The number of nitrogens with zero attached hydrogens (tertiary/aromatic N) is 1. The molecule has 1 N–H and O–H groups in total. The first-order valence-corrected chi connectivity index (χ1v) is 13.7. The molecule has 1 fully saturated rings. The van der Waals surface area contributed by atoms with Crippen molar-refractivity contribution in [2.75, 3.05) is 25.1 Å². The molecule has 1 aliphatic carbocycles. The minimum absolute atomic E-state index is 0.0652. The zero-order valence-electron chi connectivity index (χ0n) is 21.3. The van der Waals surface area contributed by atoms with Crippen LogP contribution in [0, 0.1) is 18.3 Å². The number of carbonyl (C=O) groups is 2. The summed E-state index contributed by atoms with van der Waals surface area (Å²) < 4.78 is 39.6. The van der Waals surface area contributed by atoms with E-state index in [1.165, 1.54) is 4.31 Å². The monoisotopic (exact) mass is 535 g/mol. The van der Waals surface area contributed by atoms with E-state index < -0.39 is 51.2 Å². The number of benzene rings is 3. The second-order valence-electron chi connectivity index (χ2n) is 9.78. The van der Waals surface area contributed by atoms with Crippen molar-refractivity contribution < 1.29 is 32.6 Å². The van der Waals surface area contributed by atoms with Crippen LogP contribution in [0.15, 0.2) is 83.8 Å². The average Bonchev–Trinajstić information content (AvgIpc) is 3.21. The molecule has 1 aliphatic heterocycles. The van der Waals surface area contributed by atoms with E-state index >= 15 is 0 Å². The van der Waals surface area contributed by atoms with Gasteiger partial charge in [0.15, 0.2) is 5.41 Å². The van der Waals surface area contributed by atoms with Crippen LogP contribution in [-0.4, -0.2) is 52.3 Å². The van der Waals surface area contributed by atoms with Gasteiger partial charge < -0.3 is 14.6 Å². The Morgan fingerprint density at radius 2 is 1.47 bits per heavy atom. The summed E-state index contributed by atoms with van der Waals surface area (Å²) in [4.78, 5) is 27.1. The Morgan fingerprint density at radius 3 is 2.08 bits per heavy atom. The molecule has 0 bridgehead atoms. The predicted octanol–water partition coefficient (Wildman–Crippen LogP) is 3.39. The number of ether oxygens (including phenoxy) is 2. The lowest BCUT2D eigenvalue weighted by molar-refractivity contribution is -0.177. The third-order valence-electron chi connectivity index (χ3n) is 7.94. The lowest BCUT2D eigenvalue weighted by Crippen LogP contribution is -2.52. The van der Waals surface area contributed by atoms with E-state index in [2.05, 4.69) is 0 Å². The predicted molar refractivity (Wildman–Crippen MR) is 140 cm³/mol. The fourth-order valence-corrected chi connectivity index (χ4v) is 7.82.